The summed E-state index contributed by atoms with van der Waals surface area (Å²) in [4.78, 5) is 9.15. The standard InChI is InChI=1S/C23H41N3/c1-6-9-20-10-14-23(19-20,13-7-2)15-18-26-16-11-21(12-17-26)25(5)22(8-3)24-4/h8,11,20H,3,6-7,9-10,12-19H2,1-2,4-5H3. The van der Waals surface area contributed by atoms with Gasteiger partial charge in [-0.25, -0.2) is 0 Å². The highest BCUT2D eigenvalue weighted by atomic mass is 15.2. The van der Waals surface area contributed by atoms with Crippen LogP contribution in [0.3, 0.4) is 0 Å². The van der Waals surface area contributed by atoms with Crippen molar-refractivity contribution in [3.05, 3.63) is 24.4 Å². The zero-order valence-electron chi connectivity index (χ0n) is 17.8. The van der Waals surface area contributed by atoms with E-state index in [1.54, 1.807) is 0 Å². The maximum absolute atomic E-state index is 4.31. The molecule has 3 heteroatoms. The lowest BCUT2D eigenvalue weighted by Crippen LogP contribution is -2.36. The Morgan fingerprint density at radius 2 is 2.19 bits per heavy atom. The Bertz CT molecular complexity index is 508. The Morgan fingerprint density at radius 3 is 2.77 bits per heavy atom. The Morgan fingerprint density at radius 1 is 1.38 bits per heavy atom. The zero-order chi connectivity index (χ0) is 19.0. The second-order valence-electron chi connectivity index (χ2n) is 8.49. The summed E-state index contributed by atoms with van der Waals surface area (Å²) in [6, 6.07) is 0. The molecule has 0 radical (unpaired) electrons. The van der Waals surface area contributed by atoms with E-state index in [0.717, 1.165) is 24.7 Å². The van der Waals surface area contributed by atoms with Crippen LogP contribution in [0.2, 0.25) is 0 Å². The van der Waals surface area contributed by atoms with E-state index in [4.69, 9.17) is 0 Å². The molecule has 2 unspecified atom stereocenters. The summed E-state index contributed by atoms with van der Waals surface area (Å²) < 4.78 is 0. The van der Waals surface area contributed by atoms with Gasteiger partial charge in [-0.05, 0) is 56.1 Å². The topological polar surface area (TPSA) is 18.8 Å². The van der Waals surface area contributed by atoms with Crippen LogP contribution >= 0.6 is 0 Å². The average molecular weight is 360 g/mol. The van der Waals surface area contributed by atoms with E-state index < -0.39 is 0 Å². The van der Waals surface area contributed by atoms with Crippen LogP contribution in [0.4, 0.5) is 0 Å². The Labute approximate surface area is 162 Å². The quantitative estimate of drug-likeness (QED) is 0.400. The molecular formula is C23H41N3. The second kappa shape index (κ2) is 10.3. The fourth-order valence-corrected chi connectivity index (χ4v) is 5.22. The molecule has 2 rings (SSSR count). The van der Waals surface area contributed by atoms with Crippen LogP contribution in [0.1, 0.15) is 71.6 Å². The lowest BCUT2D eigenvalue weighted by molar-refractivity contribution is 0.179. The average Bonchev–Trinajstić information content (AvgIpc) is 3.05. The fraction of sp³-hybridized carbons (Fsp3) is 0.783. The van der Waals surface area contributed by atoms with Gasteiger partial charge in [0.2, 0.25) is 0 Å². The summed E-state index contributed by atoms with van der Waals surface area (Å²) >= 11 is 0. The molecule has 3 nitrogen and oxygen atoms in total. The predicted octanol–water partition coefficient (Wildman–Crippen LogP) is 5.50. The number of likely N-dealkylation sites (N-methyl/N-ethyl adjacent to an activating group) is 1. The molecule has 0 aromatic rings. The third kappa shape index (κ3) is 5.45. The molecule has 1 aliphatic carbocycles. The van der Waals surface area contributed by atoms with Gasteiger partial charge < -0.3 is 4.90 Å². The fourth-order valence-electron chi connectivity index (χ4n) is 5.22. The lowest BCUT2D eigenvalue weighted by atomic mass is 9.77. The van der Waals surface area contributed by atoms with Crippen LogP contribution < -0.4 is 0 Å². The van der Waals surface area contributed by atoms with Crippen LogP contribution in [0.15, 0.2) is 29.4 Å². The van der Waals surface area contributed by atoms with E-state index in [2.05, 4.69) is 48.3 Å². The third-order valence-electron chi connectivity index (χ3n) is 6.70. The highest BCUT2D eigenvalue weighted by Gasteiger charge is 2.37. The molecule has 0 spiro atoms. The Balaban J connectivity index is 1.87. The summed E-state index contributed by atoms with van der Waals surface area (Å²) in [5.74, 6) is 1.96. The van der Waals surface area contributed by atoms with Crippen molar-refractivity contribution < 1.29 is 0 Å². The Hall–Kier alpha value is -1.09. The molecule has 1 fully saturated rings. The summed E-state index contributed by atoms with van der Waals surface area (Å²) in [6.07, 6.45) is 16.7. The van der Waals surface area contributed by atoms with E-state index in [-0.39, 0.29) is 0 Å². The number of aliphatic imine (C=N–C) groups is 1. The van der Waals surface area contributed by atoms with Crippen LogP contribution in [-0.2, 0) is 0 Å². The third-order valence-corrected chi connectivity index (χ3v) is 6.70. The summed E-state index contributed by atoms with van der Waals surface area (Å²) in [6.45, 7) is 12.1. The van der Waals surface area contributed by atoms with Crippen molar-refractivity contribution in [2.45, 2.75) is 71.6 Å². The van der Waals surface area contributed by atoms with Crippen molar-refractivity contribution in [1.29, 1.82) is 0 Å². The zero-order valence-corrected chi connectivity index (χ0v) is 17.8. The molecular weight excluding hydrogens is 318 g/mol. The SMILES string of the molecule is C=CC(=NC)N(C)C1=CCN(CCC2(CCC)CCC(CCC)C2)CC1. The summed E-state index contributed by atoms with van der Waals surface area (Å²) in [7, 11) is 3.94. The first kappa shape index (κ1) is 21.2. The van der Waals surface area contributed by atoms with Gasteiger partial charge in [-0.2, -0.15) is 0 Å². The lowest BCUT2D eigenvalue weighted by Gasteiger charge is -2.35. The molecule has 0 aromatic carbocycles. The van der Waals surface area contributed by atoms with Gasteiger partial charge in [-0.1, -0.05) is 45.8 Å². The highest BCUT2D eigenvalue weighted by molar-refractivity contribution is 5.93. The first-order valence-electron chi connectivity index (χ1n) is 10.8. The molecule has 26 heavy (non-hydrogen) atoms. The van der Waals surface area contributed by atoms with E-state index in [1.165, 1.54) is 70.2 Å². The van der Waals surface area contributed by atoms with Gasteiger partial charge in [-0.15, -0.1) is 0 Å². The van der Waals surface area contributed by atoms with Gasteiger partial charge in [0.1, 0.15) is 5.84 Å². The van der Waals surface area contributed by atoms with Crippen molar-refractivity contribution in [2.75, 3.05) is 33.7 Å². The minimum absolute atomic E-state index is 0.639. The van der Waals surface area contributed by atoms with Gasteiger partial charge in [0.25, 0.3) is 0 Å². The van der Waals surface area contributed by atoms with Crippen LogP contribution in [0, 0.1) is 11.3 Å². The number of amidine groups is 1. The molecule has 1 saturated carbocycles. The molecule has 148 valence electrons. The van der Waals surface area contributed by atoms with E-state index in [0.29, 0.717) is 5.41 Å². The van der Waals surface area contributed by atoms with Gasteiger partial charge in [0.15, 0.2) is 0 Å². The van der Waals surface area contributed by atoms with Crippen LogP contribution in [0.5, 0.6) is 0 Å². The van der Waals surface area contributed by atoms with Crippen molar-refractivity contribution in [3.8, 4) is 0 Å². The maximum Gasteiger partial charge on any atom is 0.126 e. The van der Waals surface area contributed by atoms with Gasteiger partial charge in [0, 0.05) is 39.3 Å². The van der Waals surface area contributed by atoms with E-state index >= 15 is 0 Å². The molecule has 2 atom stereocenters. The first-order valence-corrected chi connectivity index (χ1v) is 10.8. The largest absolute Gasteiger partial charge is 0.334 e. The van der Waals surface area contributed by atoms with Crippen LogP contribution in [-0.4, -0.2) is 49.4 Å². The monoisotopic (exact) mass is 359 g/mol. The summed E-state index contributed by atoms with van der Waals surface area (Å²) in [5.41, 5.74) is 2.02. The number of hydrogen-bond acceptors (Lipinski definition) is 2. The normalized spacial score (nSPS) is 27.5. The van der Waals surface area contributed by atoms with Gasteiger partial charge in [0.05, 0.1) is 0 Å². The maximum atomic E-state index is 4.31. The van der Waals surface area contributed by atoms with Crippen molar-refractivity contribution in [3.63, 3.8) is 0 Å². The molecule has 0 saturated heterocycles. The molecule has 0 aromatic heterocycles. The predicted molar refractivity (Wildman–Crippen MR) is 115 cm³/mol. The first-order chi connectivity index (χ1) is 12.6. The van der Waals surface area contributed by atoms with Crippen molar-refractivity contribution in [2.24, 2.45) is 16.3 Å². The van der Waals surface area contributed by atoms with Crippen molar-refractivity contribution in [1.82, 2.24) is 9.80 Å². The van der Waals surface area contributed by atoms with E-state index in [1.807, 2.05) is 13.1 Å². The summed E-state index contributed by atoms with van der Waals surface area (Å²) in [5, 5.41) is 0. The number of nitrogens with zero attached hydrogens (tertiary/aromatic N) is 3. The molecule has 1 heterocycles. The van der Waals surface area contributed by atoms with Gasteiger partial charge in [-0.3, -0.25) is 9.89 Å². The van der Waals surface area contributed by atoms with Crippen LogP contribution in [0.25, 0.3) is 0 Å². The molecule has 1 aliphatic heterocycles. The van der Waals surface area contributed by atoms with Gasteiger partial charge >= 0.3 is 0 Å². The molecule has 0 amide bonds. The van der Waals surface area contributed by atoms with E-state index in [9.17, 15) is 0 Å². The molecule has 0 N–H and O–H groups in total. The number of rotatable bonds is 9. The minimum atomic E-state index is 0.639. The molecule has 2 aliphatic rings. The Kier molecular flexibility index (Phi) is 8.40. The second-order valence-corrected chi connectivity index (χ2v) is 8.49. The highest BCUT2D eigenvalue weighted by Crippen LogP contribution is 2.49. The van der Waals surface area contributed by atoms with Crippen molar-refractivity contribution >= 4 is 5.84 Å². The minimum Gasteiger partial charge on any atom is -0.334 e. The smallest absolute Gasteiger partial charge is 0.126 e. The molecule has 0 bridgehead atoms. The number of hydrogen-bond donors (Lipinski definition) is 0.